The fourth-order valence-corrected chi connectivity index (χ4v) is 3.47. The van der Waals surface area contributed by atoms with E-state index in [1.807, 2.05) is 13.8 Å². The quantitative estimate of drug-likeness (QED) is 0.772. The van der Waals surface area contributed by atoms with Crippen LogP contribution in [-0.4, -0.2) is 41.2 Å². The first-order valence-electron chi connectivity index (χ1n) is 6.28. The fourth-order valence-electron chi connectivity index (χ4n) is 3.47. The van der Waals surface area contributed by atoms with Crippen LogP contribution in [0, 0.1) is 5.41 Å². The predicted octanol–water partition coefficient (Wildman–Crippen LogP) is 2.90. The molecule has 0 radical (unpaired) electrons. The van der Waals surface area contributed by atoms with Crippen molar-refractivity contribution in [3.63, 3.8) is 0 Å². The van der Waals surface area contributed by atoms with Gasteiger partial charge in [0.2, 0.25) is 0 Å². The molecule has 0 aromatic heterocycles. The molecule has 102 valence electrons. The highest BCUT2D eigenvalue weighted by molar-refractivity contribution is 5.21. The summed E-state index contributed by atoms with van der Waals surface area (Å²) in [6, 6.07) is 0. The Morgan fingerprint density at radius 3 is 2.24 bits per heavy atom. The summed E-state index contributed by atoms with van der Waals surface area (Å²) in [7, 11) is 0. The molecule has 2 heterocycles. The van der Waals surface area contributed by atoms with E-state index in [-0.39, 0.29) is 26.0 Å². The monoisotopic (exact) mass is 249 g/mol. The van der Waals surface area contributed by atoms with Crippen LogP contribution in [-0.2, 0) is 0 Å². The smallest absolute Gasteiger partial charge is 0.255 e. The summed E-state index contributed by atoms with van der Waals surface area (Å²) in [6.07, 6.45) is 2.48. The van der Waals surface area contributed by atoms with Crippen LogP contribution < -0.4 is 0 Å². The van der Waals surface area contributed by atoms with Crippen molar-refractivity contribution in [3.8, 4) is 0 Å². The molecule has 3 fully saturated rings. The third kappa shape index (κ3) is 1.89. The van der Waals surface area contributed by atoms with Crippen molar-refractivity contribution in [2.75, 3.05) is 19.7 Å². The Morgan fingerprint density at radius 1 is 1.24 bits per heavy atom. The van der Waals surface area contributed by atoms with Crippen LogP contribution in [0.5, 0.6) is 0 Å². The van der Waals surface area contributed by atoms with Crippen LogP contribution in [0.15, 0.2) is 0 Å². The lowest BCUT2D eigenvalue weighted by Crippen LogP contribution is -2.41. The van der Waals surface area contributed by atoms with Gasteiger partial charge in [-0.05, 0) is 25.8 Å². The van der Waals surface area contributed by atoms with Gasteiger partial charge in [-0.25, -0.2) is 8.78 Å². The highest BCUT2D eigenvalue weighted by Gasteiger charge is 2.76. The minimum Gasteiger partial charge on any atom is -0.394 e. The summed E-state index contributed by atoms with van der Waals surface area (Å²) < 4.78 is 26.4. The van der Waals surface area contributed by atoms with Gasteiger partial charge in [0, 0.05) is 18.5 Å². The normalized spacial score (nSPS) is 41.5. The SMILES string of the molecule is C.CC.OC[C@@]12CCCN1C[C@@]1(CC1(F)F)C2. The average Bonchev–Trinajstić information content (AvgIpc) is 2.57. The molecule has 3 aliphatic rings. The summed E-state index contributed by atoms with van der Waals surface area (Å²) in [6.45, 7) is 5.43. The minimum absolute atomic E-state index is 0. The molecular weight excluding hydrogens is 224 g/mol. The number of hydrogen-bond acceptors (Lipinski definition) is 2. The van der Waals surface area contributed by atoms with Crippen molar-refractivity contribution < 1.29 is 13.9 Å². The maximum Gasteiger partial charge on any atom is 0.255 e. The number of hydrogen-bond donors (Lipinski definition) is 1. The van der Waals surface area contributed by atoms with E-state index >= 15 is 0 Å². The molecule has 2 aliphatic heterocycles. The molecule has 4 heteroatoms. The molecule has 2 atom stereocenters. The molecule has 3 rings (SSSR count). The number of halogens is 2. The molecule has 0 bridgehead atoms. The second kappa shape index (κ2) is 4.47. The first kappa shape index (κ1) is 14.8. The fraction of sp³-hybridized carbons (Fsp3) is 1.00. The summed E-state index contributed by atoms with van der Waals surface area (Å²) in [5, 5.41) is 9.37. The Kier molecular flexibility index (Phi) is 3.90. The van der Waals surface area contributed by atoms with Gasteiger partial charge >= 0.3 is 0 Å². The van der Waals surface area contributed by atoms with Crippen LogP contribution in [0.2, 0.25) is 0 Å². The topological polar surface area (TPSA) is 23.5 Å². The van der Waals surface area contributed by atoms with Crippen LogP contribution in [0.1, 0.15) is 47.0 Å². The van der Waals surface area contributed by atoms with Gasteiger partial charge in [0.05, 0.1) is 12.0 Å². The lowest BCUT2D eigenvalue weighted by Gasteiger charge is -2.29. The molecule has 1 spiro atoms. The Balaban J connectivity index is 0.000000459. The van der Waals surface area contributed by atoms with E-state index in [4.69, 9.17) is 0 Å². The van der Waals surface area contributed by atoms with Gasteiger partial charge < -0.3 is 5.11 Å². The Morgan fingerprint density at radius 2 is 1.82 bits per heavy atom. The number of alkyl halides is 2. The average molecular weight is 249 g/mol. The molecule has 2 saturated heterocycles. The van der Waals surface area contributed by atoms with Gasteiger partial charge in [-0.1, -0.05) is 21.3 Å². The van der Waals surface area contributed by atoms with E-state index in [2.05, 4.69) is 4.90 Å². The van der Waals surface area contributed by atoms with Gasteiger partial charge in [0.15, 0.2) is 0 Å². The van der Waals surface area contributed by atoms with E-state index in [1.54, 1.807) is 0 Å². The van der Waals surface area contributed by atoms with E-state index in [0.29, 0.717) is 13.0 Å². The maximum atomic E-state index is 13.2. The predicted molar refractivity (Wildman–Crippen MR) is 65.3 cm³/mol. The van der Waals surface area contributed by atoms with E-state index in [0.717, 1.165) is 19.4 Å². The van der Waals surface area contributed by atoms with Crippen molar-refractivity contribution in [1.29, 1.82) is 0 Å². The molecule has 1 saturated carbocycles. The first-order valence-corrected chi connectivity index (χ1v) is 6.28. The number of aliphatic hydroxyl groups excluding tert-OH is 1. The van der Waals surface area contributed by atoms with Crippen molar-refractivity contribution in [3.05, 3.63) is 0 Å². The van der Waals surface area contributed by atoms with Crippen molar-refractivity contribution >= 4 is 0 Å². The van der Waals surface area contributed by atoms with Gasteiger partial charge in [-0.3, -0.25) is 4.90 Å². The van der Waals surface area contributed by atoms with Crippen LogP contribution in [0.4, 0.5) is 8.78 Å². The molecule has 17 heavy (non-hydrogen) atoms. The van der Waals surface area contributed by atoms with Gasteiger partial charge in [0.25, 0.3) is 5.92 Å². The van der Waals surface area contributed by atoms with Gasteiger partial charge in [-0.2, -0.15) is 0 Å². The summed E-state index contributed by atoms with van der Waals surface area (Å²) in [4.78, 5) is 2.09. The maximum absolute atomic E-state index is 13.2. The largest absolute Gasteiger partial charge is 0.394 e. The van der Waals surface area contributed by atoms with Crippen molar-refractivity contribution in [1.82, 2.24) is 4.90 Å². The lowest BCUT2D eigenvalue weighted by atomic mass is 9.89. The zero-order chi connectivity index (χ0) is 12.0. The molecule has 0 amide bonds. The summed E-state index contributed by atoms with van der Waals surface area (Å²) in [5.74, 6) is -2.46. The standard InChI is InChI=1S/C10H15F2NO.C2H6.CH4/c11-10(12)5-8(10)4-9(7-14)2-1-3-13(9)6-8;1-2;/h14H,1-7H2;1-2H3;1H4/t8-,9-;;/m0../s1. The second-order valence-corrected chi connectivity index (χ2v) is 5.25. The number of fused-ring (bicyclic) bond motifs is 1. The lowest BCUT2D eigenvalue weighted by molar-refractivity contribution is 0.0644. The molecule has 1 N–H and O–H groups in total. The van der Waals surface area contributed by atoms with Crippen molar-refractivity contribution in [2.24, 2.45) is 5.41 Å². The number of rotatable bonds is 1. The highest BCUT2D eigenvalue weighted by Crippen LogP contribution is 2.69. The molecule has 0 aromatic carbocycles. The van der Waals surface area contributed by atoms with Gasteiger partial charge in [-0.15, -0.1) is 0 Å². The van der Waals surface area contributed by atoms with E-state index in [9.17, 15) is 13.9 Å². The third-order valence-electron chi connectivity index (χ3n) is 4.41. The molecular formula is C13H25F2NO. The zero-order valence-electron chi connectivity index (χ0n) is 10.1. The molecule has 1 aliphatic carbocycles. The summed E-state index contributed by atoms with van der Waals surface area (Å²) >= 11 is 0. The zero-order valence-corrected chi connectivity index (χ0v) is 10.1. The third-order valence-corrected chi connectivity index (χ3v) is 4.41. The summed E-state index contributed by atoms with van der Waals surface area (Å²) in [5.41, 5.74) is -1.06. The van der Waals surface area contributed by atoms with E-state index in [1.165, 1.54) is 0 Å². The van der Waals surface area contributed by atoms with Crippen LogP contribution in [0.3, 0.4) is 0 Å². The van der Waals surface area contributed by atoms with Gasteiger partial charge in [0.1, 0.15) is 0 Å². The second-order valence-electron chi connectivity index (χ2n) is 5.25. The van der Waals surface area contributed by atoms with Crippen molar-refractivity contribution in [2.45, 2.75) is 58.4 Å². The Hall–Kier alpha value is -0.220. The molecule has 0 unspecified atom stereocenters. The molecule has 0 aromatic rings. The molecule has 2 nitrogen and oxygen atoms in total. The number of nitrogens with zero attached hydrogens (tertiary/aromatic N) is 1. The van der Waals surface area contributed by atoms with Crippen LogP contribution in [0.25, 0.3) is 0 Å². The Labute approximate surface area is 103 Å². The number of aliphatic hydroxyl groups is 1. The first-order chi connectivity index (χ1) is 7.54. The minimum atomic E-state index is -2.46. The highest BCUT2D eigenvalue weighted by atomic mass is 19.3. The van der Waals surface area contributed by atoms with Crippen LogP contribution >= 0.6 is 0 Å². The Bertz CT molecular complexity index is 285. The van der Waals surface area contributed by atoms with E-state index < -0.39 is 11.3 Å².